The molecule has 84 valence electrons. The molecule has 1 aromatic heterocycles. The Hall–Kier alpha value is -1.56. The van der Waals surface area contributed by atoms with Gasteiger partial charge in [-0.3, -0.25) is 0 Å². The van der Waals surface area contributed by atoms with Gasteiger partial charge in [-0.05, 0) is 18.2 Å². The lowest BCUT2D eigenvalue weighted by molar-refractivity contribution is -0.137. The lowest BCUT2D eigenvalue weighted by Crippen LogP contribution is -2.07. The van der Waals surface area contributed by atoms with Gasteiger partial charge in [0.2, 0.25) is 12.2 Å². The number of benzene rings is 1. The van der Waals surface area contributed by atoms with Gasteiger partial charge in [0, 0.05) is 10.6 Å². The Labute approximate surface area is 92.8 Å². The van der Waals surface area contributed by atoms with Gasteiger partial charge < -0.3 is 4.52 Å². The van der Waals surface area contributed by atoms with Crippen molar-refractivity contribution in [3.05, 3.63) is 35.2 Å². The third-order valence-electron chi connectivity index (χ3n) is 1.89. The predicted molar refractivity (Wildman–Crippen MR) is 49.7 cm³/mol. The second kappa shape index (κ2) is 3.79. The molecule has 0 aliphatic carbocycles. The van der Waals surface area contributed by atoms with Crippen LogP contribution >= 0.6 is 11.6 Å². The Morgan fingerprint density at radius 3 is 2.56 bits per heavy atom. The average molecular weight is 249 g/mol. The van der Waals surface area contributed by atoms with E-state index in [2.05, 4.69) is 14.7 Å². The van der Waals surface area contributed by atoms with Crippen LogP contribution in [-0.2, 0) is 6.18 Å². The Bertz CT molecular complexity index is 496. The predicted octanol–water partition coefficient (Wildman–Crippen LogP) is 3.41. The largest absolute Gasteiger partial charge is 0.417 e. The first-order valence-corrected chi connectivity index (χ1v) is 4.50. The van der Waals surface area contributed by atoms with Crippen LogP contribution in [0.1, 0.15) is 5.56 Å². The summed E-state index contributed by atoms with van der Waals surface area (Å²) in [5.41, 5.74) is -1.05. The molecule has 3 nitrogen and oxygen atoms in total. The summed E-state index contributed by atoms with van der Waals surface area (Å²) in [5.74, 6) is -0.121. The van der Waals surface area contributed by atoms with Crippen LogP contribution in [0.3, 0.4) is 0 Å². The van der Waals surface area contributed by atoms with Crippen molar-refractivity contribution < 1.29 is 17.7 Å². The second-order valence-electron chi connectivity index (χ2n) is 2.94. The quantitative estimate of drug-likeness (QED) is 0.776. The van der Waals surface area contributed by atoms with E-state index >= 15 is 0 Å². The maximum Gasteiger partial charge on any atom is 0.417 e. The number of aromatic nitrogens is 2. The van der Waals surface area contributed by atoms with Crippen LogP contribution in [0.25, 0.3) is 11.4 Å². The van der Waals surface area contributed by atoms with Crippen molar-refractivity contribution in [3.63, 3.8) is 0 Å². The highest BCUT2D eigenvalue weighted by Crippen LogP contribution is 2.37. The molecule has 0 aliphatic heterocycles. The third kappa shape index (κ3) is 2.01. The molecule has 0 aliphatic rings. The summed E-state index contributed by atoms with van der Waals surface area (Å²) in [6, 6.07) is 3.37. The van der Waals surface area contributed by atoms with Crippen LogP contribution in [0.4, 0.5) is 13.2 Å². The monoisotopic (exact) mass is 248 g/mol. The topological polar surface area (TPSA) is 38.9 Å². The van der Waals surface area contributed by atoms with E-state index in [-0.39, 0.29) is 16.4 Å². The molecule has 0 saturated heterocycles. The summed E-state index contributed by atoms with van der Waals surface area (Å²) < 4.78 is 42.4. The zero-order valence-electron chi connectivity index (χ0n) is 7.62. The Balaban J connectivity index is 2.62. The lowest BCUT2D eigenvalue weighted by Gasteiger charge is -2.10. The standard InChI is InChI=1S/C9H4ClF3N2O/c10-5-1-2-6(8-14-4-16-15-8)7(3-5)9(11,12)13/h1-4H. The lowest BCUT2D eigenvalue weighted by atomic mass is 10.1. The smallest absolute Gasteiger partial charge is 0.342 e. The van der Waals surface area contributed by atoms with E-state index in [0.29, 0.717) is 0 Å². The number of hydrogen-bond acceptors (Lipinski definition) is 3. The summed E-state index contributed by atoms with van der Waals surface area (Å²) in [7, 11) is 0. The molecule has 16 heavy (non-hydrogen) atoms. The molecular weight excluding hydrogens is 245 g/mol. The number of halogens is 4. The summed E-state index contributed by atoms with van der Waals surface area (Å²) in [4.78, 5) is 3.57. The molecule has 2 aromatic rings. The Morgan fingerprint density at radius 2 is 2.00 bits per heavy atom. The molecule has 0 saturated carbocycles. The van der Waals surface area contributed by atoms with Crippen molar-refractivity contribution in [3.8, 4) is 11.4 Å². The maximum atomic E-state index is 12.7. The highest BCUT2D eigenvalue weighted by molar-refractivity contribution is 6.30. The number of nitrogens with zero attached hydrogens (tertiary/aromatic N) is 2. The molecule has 0 unspecified atom stereocenters. The fourth-order valence-corrected chi connectivity index (χ4v) is 1.41. The van der Waals surface area contributed by atoms with E-state index in [0.717, 1.165) is 12.5 Å². The van der Waals surface area contributed by atoms with Crippen LogP contribution in [0.5, 0.6) is 0 Å². The minimum atomic E-state index is -4.51. The van der Waals surface area contributed by atoms with Gasteiger partial charge in [0.1, 0.15) is 0 Å². The van der Waals surface area contributed by atoms with E-state index < -0.39 is 11.7 Å². The normalized spacial score (nSPS) is 11.8. The van der Waals surface area contributed by atoms with Crippen LogP contribution in [0.15, 0.2) is 29.1 Å². The van der Waals surface area contributed by atoms with Crippen molar-refractivity contribution in [1.82, 2.24) is 10.1 Å². The molecule has 0 radical (unpaired) electrons. The summed E-state index contributed by atoms with van der Waals surface area (Å²) >= 11 is 5.52. The molecule has 0 bridgehead atoms. The number of rotatable bonds is 1. The SMILES string of the molecule is FC(F)(F)c1cc(Cl)ccc1-c1ncon1. The minimum absolute atomic E-state index is 0.000398. The van der Waals surface area contributed by atoms with Crippen molar-refractivity contribution >= 4 is 11.6 Å². The van der Waals surface area contributed by atoms with E-state index in [9.17, 15) is 13.2 Å². The van der Waals surface area contributed by atoms with Crippen molar-refractivity contribution in [2.45, 2.75) is 6.18 Å². The van der Waals surface area contributed by atoms with Gasteiger partial charge in [-0.2, -0.15) is 18.2 Å². The molecule has 0 atom stereocenters. The molecule has 0 amide bonds. The van der Waals surface area contributed by atoms with Gasteiger partial charge in [0.15, 0.2) is 0 Å². The summed E-state index contributed by atoms with van der Waals surface area (Å²) in [6.45, 7) is 0. The van der Waals surface area contributed by atoms with Gasteiger partial charge >= 0.3 is 6.18 Å². The summed E-state index contributed by atoms with van der Waals surface area (Å²) in [5, 5.41) is 3.36. The Morgan fingerprint density at radius 1 is 1.25 bits per heavy atom. The van der Waals surface area contributed by atoms with Crippen LogP contribution in [0, 0.1) is 0 Å². The molecule has 0 N–H and O–H groups in total. The number of hydrogen-bond donors (Lipinski definition) is 0. The first-order chi connectivity index (χ1) is 7.48. The second-order valence-corrected chi connectivity index (χ2v) is 3.38. The first kappa shape index (κ1) is 10.9. The molecule has 1 aromatic carbocycles. The van der Waals surface area contributed by atoms with Gasteiger partial charge in [-0.1, -0.05) is 16.8 Å². The Kier molecular flexibility index (Phi) is 2.59. The zero-order chi connectivity index (χ0) is 11.8. The third-order valence-corrected chi connectivity index (χ3v) is 2.12. The van der Waals surface area contributed by atoms with Crippen molar-refractivity contribution in [2.24, 2.45) is 0 Å². The minimum Gasteiger partial charge on any atom is -0.342 e. The van der Waals surface area contributed by atoms with Crippen LogP contribution < -0.4 is 0 Å². The van der Waals surface area contributed by atoms with E-state index in [1.165, 1.54) is 12.1 Å². The van der Waals surface area contributed by atoms with Gasteiger partial charge in [0.05, 0.1) is 5.56 Å². The van der Waals surface area contributed by atoms with Crippen molar-refractivity contribution in [2.75, 3.05) is 0 Å². The molecule has 1 heterocycles. The van der Waals surface area contributed by atoms with Crippen LogP contribution in [0.2, 0.25) is 5.02 Å². The van der Waals surface area contributed by atoms with Gasteiger partial charge in [0.25, 0.3) is 0 Å². The highest BCUT2D eigenvalue weighted by atomic mass is 35.5. The molecule has 0 spiro atoms. The van der Waals surface area contributed by atoms with Crippen LogP contribution in [-0.4, -0.2) is 10.1 Å². The highest BCUT2D eigenvalue weighted by Gasteiger charge is 2.34. The van der Waals surface area contributed by atoms with E-state index in [1.807, 2.05) is 0 Å². The maximum absolute atomic E-state index is 12.7. The molecule has 0 fully saturated rings. The van der Waals surface area contributed by atoms with Crippen molar-refractivity contribution in [1.29, 1.82) is 0 Å². The average Bonchev–Trinajstić information content (AvgIpc) is 2.69. The van der Waals surface area contributed by atoms with Gasteiger partial charge in [-0.15, -0.1) is 0 Å². The zero-order valence-corrected chi connectivity index (χ0v) is 8.38. The molecule has 2 rings (SSSR count). The van der Waals surface area contributed by atoms with E-state index in [4.69, 9.17) is 11.6 Å². The van der Waals surface area contributed by atoms with Gasteiger partial charge in [-0.25, -0.2) is 0 Å². The first-order valence-electron chi connectivity index (χ1n) is 4.12. The summed E-state index contributed by atoms with van der Waals surface area (Å²) in [6.07, 6.45) is -3.55. The molecular formula is C9H4ClF3N2O. The van der Waals surface area contributed by atoms with E-state index in [1.54, 1.807) is 0 Å². The molecule has 7 heteroatoms. The fraction of sp³-hybridized carbons (Fsp3) is 0.111. The number of alkyl halides is 3. The fourth-order valence-electron chi connectivity index (χ4n) is 1.24.